The predicted molar refractivity (Wildman–Crippen MR) is 93.3 cm³/mol. The minimum atomic E-state index is -0.964. The Morgan fingerprint density at radius 3 is 2.36 bits per heavy atom. The fourth-order valence-corrected chi connectivity index (χ4v) is 3.65. The molecule has 1 aromatic heterocycles. The number of hydrogen-bond acceptors (Lipinski definition) is 8. The molecular formula is C16H15NO6S2. The molecule has 0 aliphatic rings. The van der Waals surface area contributed by atoms with Crippen LogP contribution in [0.15, 0.2) is 22.5 Å². The molecule has 0 spiro atoms. The molecule has 0 aliphatic carbocycles. The van der Waals surface area contributed by atoms with E-state index < -0.39 is 17.9 Å². The predicted octanol–water partition coefficient (Wildman–Crippen LogP) is 3.01. The molecule has 2 aromatic rings. The third-order valence-electron chi connectivity index (χ3n) is 2.89. The number of esters is 2. The number of benzene rings is 1. The van der Waals surface area contributed by atoms with Gasteiger partial charge in [-0.25, -0.2) is 4.98 Å². The van der Waals surface area contributed by atoms with Gasteiger partial charge in [0.1, 0.15) is 0 Å². The summed E-state index contributed by atoms with van der Waals surface area (Å²) in [6.45, 7) is 2.47. The zero-order valence-electron chi connectivity index (χ0n) is 13.7. The summed E-state index contributed by atoms with van der Waals surface area (Å²) in [5.74, 6) is -1.91. The van der Waals surface area contributed by atoms with E-state index in [2.05, 4.69) is 4.98 Å². The molecule has 0 amide bonds. The van der Waals surface area contributed by atoms with E-state index in [0.29, 0.717) is 16.1 Å². The molecule has 0 atom stereocenters. The zero-order valence-corrected chi connectivity index (χ0v) is 15.3. The Morgan fingerprint density at radius 2 is 1.80 bits per heavy atom. The van der Waals surface area contributed by atoms with Crippen LogP contribution in [0.1, 0.15) is 18.7 Å². The van der Waals surface area contributed by atoms with E-state index in [1.807, 2.05) is 6.26 Å². The smallest absolute Gasteiger partial charge is 0.308 e. The summed E-state index contributed by atoms with van der Waals surface area (Å²) < 4.78 is 10.9. The Bertz CT molecular complexity index is 830. The van der Waals surface area contributed by atoms with Crippen molar-refractivity contribution in [3.63, 3.8) is 0 Å². The highest BCUT2D eigenvalue weighted by molar-refractivity contribution is 8.00. The van der Waals surface area contributed by atoms with Crippen LogP contribution in [0.3, 0.4) is 0 Å². The fourth-order valence-electron chi connectivity index (χ4n) is 2.03. The molecule has 7 nitrogen and oxygen atoms in total. The number of carboxylic acids is 1. The molecule has 0 unspecified atom stereocenters. The van der Waals surface area contributed by atoms with Gasteiger partial charge in [0.15, 0.2) is 15.8 Å². The van der Waals surface area contributed by atoms with E-state index in [4.69, 9.17) is 14.6 Å². The van der Waals surface area contributed by atoms with Crippen LogP contribution in [0.4, 0.5) is 0 Å². The van der Waals surface area contributed by atoms with Crippen LogP contribution < -0.4 is 9.47 Å². The molecule has 2 rings (SSSR count). The van der Waals surface area contributed by atoms with Crippen molar-refractivity contribution in [2.45, 2.75) is 24.6 Å². The lowest BCUT2D eigenvalue weighted by molar-refractivity contribution is -0.136. The molecule has 0 aliphatic heterocycles. The Kier molecular flexibility index (Phi) is 6.16. The molecule has 1 N–H and O–H groups in total. The second-order valence-corrected chi connectivity index (χ2v) is 7.01. The number of aliphatic carboxylic acids is 1. The minimum Gasteiger partial charge on any atom is -0.481 e. The summed E-state index contributed by atoms with van der Waals surface area (Å²) in [7, 11) is 0. The molecule has 0 fully saturated rings. The number of thioether (sulfide) groups is 1. The second-order valence-electron chi connectivity index (χ2n) is 4.87. The van der Waals surface area contributed by atoms with E-state index in [9.17, 15) is 14.4 Å². The van der Waals surface area contributed by atoms with Crippen molar-refractivity contribution in [3.05, 3.63) is 23.1 Å². The van der Waals surface area contributed by atoms with Crippen LogP contribution in [0.25, 0.3) is 11.3 Å². The van der Waals surface area contributed by atoms with Crippen molar-refractivity contribution >= 4 is 41.0 Å². The highest BCUT2D eigenvalue weighted by Gasteiger charge is 2.18. The topological polar surface area (TPSA) is 103 Å². The number of carboxylic acid groups (broad SMARTS) is 1. The maximum Gasteiger partial charge on any atom is 0.308 e. The van der Waals surface area contributed by atoms with Gasteiger partial charge < -0.3 is 14.6 Å². The van der Waals surface area contributed by atoms with Crippen LogP contribution in [-0.4, -0.2) is 34.3 Å². The van der Waals surface area contributed by atoms with Gasteiger partial charge in [0.2, 0.25) is 0 Å². The monoisotopic (exact) mass is 381 g/mol. The molecule has 0 saturated heterocycles. The van der Waals surface area contributed by atoms with Crippen molar-refractivity contribution in [1.82, 2.24) is 4.98 Å². The minimum absolute atomic E-state index is 0.0696. The van der Waals surface area contributed by atoms with Crippen LogP contribution in [0, 0.1) is 0 Å². The first-order valence-electron chi connectivity index (χ1n) is 7.07. The third-order valence-corrected chi connectivity index (χ3v) is 4.93. The Morgan fingerprint density at radius 1 is 1.16 bits per heavy atom. The van der Waals surface area contributed by atoms with Gasteiger partial charge in [0.05, 0.1) is 12.1 Å². The number of ether oxygens (including phenoxy) is 2. The normalized spacial score (nSPS) is 10.4. The van der Waals surface area contributed by atoms with Gasteiger partial charge in [-0.3, -0.25) is 14.4 Å². The number of thiazole rings is 1. The average Bonchev–Trinajstić information content (AvgIpc) is 2.90. The molecule has 0 saturated carbocycles. The van der Waals surface area contributed by atoms with Gasteiger partial charge in [-0.1, -0.05) is 11.8 Å². The van der Waals surface area contributed by atoms with Crippen molar-refractivity contribution in [2.75, 3.05) is 6.26 Å². The molecule has 1 heterocycles. The van der Waals surface area contributed by atoms with Crippen LogP contribution in [-0.2, 0) is 20.8 Å². The Labute approximate surface area is 152 Å². The molecule has 0 radical (unpaired) electrons. The average molecular weight is 381 g/mol. The van der Waals surface area contributed by atoms with E-state index in [0.717, 1.165) is 4.34 Å². The van der Waals surface area contributed by atoms with Gasteiger partial charge in [0, 0.05) is 24.3 Å². The molecule has 9 heteroatoms. The lowest BCUT2D eigenvalue weighted by atomic mass is 10.1. The van der Waals surface area contributed by atoms with Gasteiger partial charge in [-0.05, 0) is 24.5 Å². The summed E-state index contributed by atoms with van der Waals surface area (Å²) in [6.07, 6.45) is 1.68. The summed E-state index contributed by atoms with van der Waals surface area (Å²) in [5.41, 5.74) is 1.07. The van der Waals surface area contributed by atoms with Gasteiger partial charge >= 0.3 is 17.9 Å². The van der Waals surface area contributed by atoms with Crippen LogP contribution in [0.5, 0.6) is 11.5 Å². The van der Waals surface area contributed by atoms with E-state index >= 15 is 0 Å². The van der Waals surface area contributed by atoms with Gasteiger partial charge in [0.25, 0.3) is 0 Å². The SMILES string of the molecule is CSc1nc(-c2ccc(OC(C)=O)c(OC(C)=O)c2)c(CC(=O)O)s1. The Balaban J connectivity index is 2.51. The maximum atomic E-state index is 11.3. The highest BCUT2D eigenvalue weighted by atomic mass is 32.2. The quantitative estimate of drug-likeness (QED) is 0.463. The van der Waals surface area contributed by atoms with Crippen LogP contribution >= 0.6 is 23.1 Å². The number of carbonyl (C=O) groups excluding carboxylic acids is 2. The van der Waals surface area contributed by atoms with E-state index in [1.165, 1.54) is 49.1 Å². The molecule has 0 bridgehead atoms. The summed E-state index contributed by atoms with van der Waals surface area (Å²) in [5, 5.41) is 9.08. The third kappa shape index (κ3) is 5.04. The lowest BCUT2D eigenvalue weighted by Gasteiger charge is -2.10. The molecule has 1 aromatic carbocycles. The number of hydrogen-bond donors (Lipinski definition) is 1. The maximum absolute atomic E-state index is 11.3. The van der Waals surface area contributed by atoms with Crippen LogP contribution in [0.2, 0.25) is 0 Å². The van der Waals surface area contributed by atoms with Gasteiger partial charge in [-0.15, -0.1) is 11.3 Å². The number of nitrogens with zero attached hydrogens (tertiary/aromatic N) is 1. The Hall–Kier alpha value is -2.39. The largest absolute Gasteiger partial charge is 0.481 e. The van der Waals surface area contributed by atoms with Crippen molar-refractivity contribution in [3.8, 4) is 22.8 Å². The van der Waals surface area contributed by atoms with E-state index in [1.54, 1.807) is 6.07 Å². The lowest BCUT2D eigenvalue weighted by Crippen LogP contribution is -2.07. The zero-order chi connectivity index (χ0) is 18.6. The first kappa shape index (κ1) is 18.9. The molecule has 25 heavy (non-hydrogen) atoms. The fraction of sp³-hybridized carbons (Fsp3) is 0.250. The molecule has 132 valence electrons. The van der Waals surface area contributed by atoms with Gasteiger partial charge in [-0.2, -0.15) is 0 Å². The van der Waals surface area contributed by atoms with E-state index in [-0.39, 0.29) is 17.9 Å². The summed E-state index contributed by atoms with van der Waals surface area (Å²) in [6, 6.07) is 4.62. The first-order chi connectivity index (χ1) is 11.8. The number of aromatic nitrogens is 1. The van der Waals surface area contributed by atoms with Crippen molar-refractivity contribution < 1.29 is 29.0 Å². The summed E-state index contributed by atoms with van der Waals surface area (Å²) in [4.78, 5) is 38.6. The number of rotatable bonds is 6. The molecular weight excluding hydrogens is 366 g/mol. The first-order valence-corrected chi connectivity index (χ1v) is 9.11. The van der Waals surface area contributed by atoms with Crippen molar-refractivity contribution in [1.29, 1.82) is 0 Å². The summed E-state index contributed by atoms with van der Waals surface area (Å²) >= 11 is 2.71. The second kappa shape index (κ2) is 8.13. The number of carbonyl (C=O) groups is 3. The van der Waals surface area contributed by atoms with Crippen molar-refractivity contribution in [2.24, 2.45) is 0 Å². The highest BCUT2D eigenvalue weighted by Crippen LogP contribution is 2.37. The standard InChI is InChI=1S/C16H15NO6S2/c1-8(18)22-11-5-4-10(6-12(11)23-9(2)19)15-13(7-14(20)21)25-16(17-15)24-3/h4-6H,7H2,1-3H3,(H,20,21).